The fraction of sp³-hybridized carbons (Fsp3) is 0.310. The summed E-state index contributed by atoms with van der Waals surface area (Å²) in [4.78, 5) is 28.8. The molecule has 0 bridgehead atoms. The van der Waals surface area contributed by atoms with Crippen LogP contribution in [0.4, 0.5) is 5.69 Å². The molecule has 12 heteroatoms. The molecule has 0 unspecified atom stereocenters. The van der Waals surface area contributed by atoms with Crippen molar-refractivity contribution in [2.45, 2.75) is 57.1 Å². The van der Waals surface area contributed by atoms with E-state index >= 15 is 0 Å². The lowest BCUT2D eigenvalue weighted by molar-refractivity contribution is -0.140. The van der Waals surface area contributed by atoms with Crippen molar-refractivity contribution < 1.29 is 18.0 Å². The monoisotopic (exact) mass is 657 g/mol. The summed E-state index contributed by atoms with van der Waals surface area (Å²) in [5.41, 5.74) is 0.565. The predicted molar refractivity (Wildman–Crippen MR) is 166 cm³/mol. The standard InChI is InChI=1S/C29H31Cl4N3O4S/c1-4-19(3)34-29(38)26(5-2)35(17-20-11-12-21(30)15-25(20)33)28(37)18-36(27-16-22(31)13-14-24(27)32)41(39,40)23-9-7-6-8-10-23/h6-16,19,26H,4-5,17-18H2,1-3H3,(H,34,38)/t19-,26-/m1/s1. The molecule has 0 saturated carbocycles. The van der Waals surface area contributed by atoms with E-state index in [4.69, 9.17) is 46.4 Å². The van der Waals surface area contributed by atoms with Crippen LogP contribution < -0.4 is 9.62 Å². The second kappa shape index (κ2) is 14.6. The molecular weight excluding hydrogens is 628 g/mol. The Morgan fingerprint density at radius 2 is 1.49 bits per heavy atom. The van der Waals surface area contributed by atoms with Crippen LogP contribution in [0.2, 0.25) is 20.1 Å². The van der Waals surface area contributed by atoms with E-state index in [1.165, 1.54) is 35.2 Å². The Morgan fingerprint density at radius 3 is 2.10 bits per heavy atom. The number of anilines is 1. The highest BCUT2D eigenvalue weighted by Crippen LogP contribution is 2.33. The summed E-state index contributed by atoms with van der Waals surface area (Å²) in [6, 6.07) is 15.8. The summed E-state index contributed by atoms with van der Waals surface area (Å²) in [6.07, 6.45) is 0.956. The van der Waals surface area contributed by atoms with Crippen LogP contribution in [0.3, 0.4) is 0 Å². The lowest BCUT2D eigenvalue weighted by Crippen LogP contribution is -2.53. The Morgan fingerprint density at radius 1 is 0.854 bits per heavy atom. The van der Waals surface area contributed by atoms with Crippen molar-refractivity contribution in [3.05, 3.63) is 92.4 Å². The number of nitrogens with one attached hydrogen (secondary N) is 1. The maximum absolute atomic E-state index is 14.1. The van der Waals surface area contributed by atoms with E-state index in [9.17, 15) is 18.0 Å². The highest BCUT2D eigenvalue weighted by molar-refractivity contribution is 7.92. The molecule has 0 spiro atoms. The maximum atomic E-state index is 14.1. The maximum Gasteiger partial charge on any atom is 0.264 e. The van der Waals surface area contributed by atoms with Gasteiger partial charge in [-0.25, -0.2) is 8.42 Å². The molecule has 0 radical (unpaired) electrons. The number of hydrogen-bond donors (Lipinski definition) is 1. The molecule has 2 amide bonds. The molecule has 7 nitrogen and oxygen atoms in total. The summed E-state index contributed by atoms with van der Waals surface area (Å²) in [5, 5.41) is 3.95. The van der Waals surface area contributed by atoms with Crippen LogP contribution in [0.25, 0.3) is 0 Å². The quantitative estimate of drug-likeness (QED) is 0.223. The molecule has 41 heavy (non-hydrogen) atoms. The van der Waals surface area contributed by atoms with Crippen LogP contribution >= 0.6 is 46.4 Å². The number of halogens is 4. The molecule has 3 rings (SSSR count). The molecule has 0 saturated heterocycles. The number of carbonyl (C=O) groups is 2. The lowest BCUT2D eigenvalue weighted by Gasteiger charge is -2.34. The molecule has 0 heterocycles. The zero-order chi connectivity index (χ0) is 30.3. The van der Waals surface area contributed by atoms with Gasteiger partial charge in [-0.3, -0.25) is 13.9 Å². The molecule has 0 aromatic heterocycles. The first kappa shape index (κ1) is 33.0. The Labute approximate surface area is 261 Å². The van der Waals surface area contributed by atoms with Crippen molar-refractivity contribution >= 4 is 73.9 Å². The summed E-state index contributed by atoms with van der Waals surface area (Å²) >= 11 is 25.2. The zero-order valence-electron chi connectivity index (χ0n) is 22.8. The number of sulfonamides is 1. The van der Waals surface area contributed by atoms with Gasteiger partial charge >= 0.3 is 0 Å². The third-order valence-corrected chi connectivity index (χ3v) is 9.45. The molecule has 220 valence electrons. The fourth-order valence-electron chi connectivity index (χ4n) is 4.10. The van der Waals surface area contributed by atoms with Gasteiger partial charge in [-0.2, -0.15) is 0 Å². The van der Waals surface area contributed by atoms with Crippen LogP contribution in [-0.2, 0) is 26.2 Å². The van der Waals surface area contributed by atoms with Crippen LogP contribution in [0.15, 0.2) is 71.6 Å². The minimum absolute atomic E-state index is 0.0259. The Kier molecular flexibility index (Phi) is 11.8. The summed E-state index contributed by atoms with van der Waals surface area (Å²) < 4.78 is 28.7. The Balaban J connectivity index is 2.11. The van der Waals surface area contributed by atoms with Gasteiger partial charge in [0.2, 0.25) is 11.8 Å². The first-order chi connectivity index (χ1) is 19.4. The van der Waals surface area contributed by atoms with Gasteiger partial charge in [0, 0.05) is 27.7 Å². The van der Waals surface area contributed by atoms with Crippen LogP contribution in [0, 0.1) is 0 Å². The van der Waals surface area contributed by atoms with E-state index < -0.39 is 28.5 Å². The lowest BCUT2D eigenvalue weighted by atomic mass is 10.1. The van der Waals surface area contributed by atoms with Crippen molar-refractivity contribution in [3.8, 4) is 0 Å². The third kappa shape index (κ3) is 8.30. The topological polar surface area (TPSA) is 86.8 Å². The minimum Gasteiger partial charge on any atom is -0.352 e. The summed E-state index contributed by atoms with van der Waals surface area (Å²) in [6.45, 7) is 4.85. The van der Waals surface area contributed by atoms with Crippen LogP contribution in [0.5, 0.6) is 0 Å². The third-order valence-electron chi connectivity index (χ3n) is 6.53. The van der Waals surface area contributed by atoms with E-state index in [-0.39, 0.29) is 45.5 Å². The smallest absolute Gasteiger partial charge is 0.264 e. The highest BCUT2D eigenvalue weighted by atomic mass is 35.5. The van der Waals surface area contributed by atoms with E-state index in [0.29, 0.717) is 22.0 Å². The Bertz CT molecular complexity index is 1490. The fourth-order valence-corrected chi connectivity index (χ4v) is 6.45. The average Bonchev–Trinajstić information content (AvgIpc) is 2.94. The van der Waals surface area contributed by atoms with Crippen LogP contribution in [-0.4, -0.2) is 43.8 Å². The second-order valence-corrected chi connectivity index (χ2v) is 13.0. The van der Waals surface area contributed by atoms with Crippen molar-refractivity contribution in [2.24, 2.45) is 0 Å². The van der Waals surface area contributed by atoms with Gasteiger partial charge in [0.25, 0.3) is 10.0 Å². The van der Waals surface area contributed by atoms with Crippen LogP contribution in [0.1, 0.15) is 39.2 Å². The van der Waals surface area contributed by atoms with E-state index in [2.05, 4.69) is 5.32 Å². The van der Waals surface area contributed by atoms with Gasteiger partial charge in [0.05, 0.1) is 15.6 Å². The Hall–Kier alpha value is -2.49. The van der Waals surface area contributed by atoms with E-state index in [1.807, 2.05) is 13.8 Å². The van der Waals surface area contributed by atoms with E-state index in [1.54, 1.807) is 43.3 Å². The van der Waals surface area contributed by atoms with Crippen molar-refractivity contribution in [1.29, 1.82) is 0 Å². The molecule has 3 aromatic rings. The van der Waals surface area contributed by atoms with Gasteiger partial charge < -0.3 is 10.2 Å². The van der Waals surface area contributed by atoms with Gasteiger partial charge in [-0.05, 0) is 67.8 Å². The number of carbonyl (C=O) groups excluding carboxylic acids is 2. The largest absolute Gasteiger partial charge is 0.352 e. The number of benzene rings is 3. The SMILES string of the molecule is CC[C@@H](C)NC(=O)[C@@H](CC)N(Cc1ccc(Cl)cc1Cl)C(=O)CN(c1cc(Cl)ccc1Cl)S(=O)(=O)c1ccccc1. The molecule has 0 fully saturated rings. The van der Waals surface area contributed by atoms with Gasteiger partial charge in [0.1, 0.15) is 12.6 Å². The first-order valence-electron chi connectivity index (χ1n) is 13.0. The van der Waals surface area contributed by atoms with Gasteiger partial charge in [0.15, 0.2) is 0 Å². The molecule has 0 aliphatic rings. The molecular formula is C29H31Cl4N3O4S. The van der Waals surface area contributed by atoms with Crippen molar-refractivity contribution in [2.75, 3.05) is 10.8 Å². The highest BCUT2D eigenvalue weighted by Gasteiger charge is 2.35. The number of rotatable bonds is 12. The van der Waals surface area contributed by atoms with Gasteiger partial charge in [-0.15, -0.1) is 0 Å². The molecule has 0 aliphatic heterocycles. The minimum atomic E-state index is -4.29. The molecule has 3 aromatic carbocycles. The first-order valence-corrected chi connectivity index (χ1v) is 15.9. The predicted octanol–water partition coefficient (Wildman–Crippen LogP) is 7.22. The van der Waals surface area contributed by atoms with E-state index in [0.717, 1.165) is 4.31 Å². The van der Waals surface area contributed by atoms with Crippen molar-refractivity contribution in [1.82, 2.24) is 10.2 Å². The summed E-state index contributed by atoms with van der Waals surface area (Å²) in [7, 11) is -4.29. The molecule has 1 N–H and O–H groups in total. The number of hydrogen-bond acceptors (Lipinski definition) is 4. The summed E-state index contributed by atoms with van der Waals surface area (Å²) in [5.74, 6) is -1.00. The second-order valence-electron chi connectivity index (χ2n) is 9.42. The normalized spacial score (nSPS) is 12.9. The zero-order valence-corrected chi connectivity index (χ0v) is 26.6. The number of nitrogens with zero attached hydrogens (tertiary/aromatic N) is 2. The molecule has 0 aliphatic carbocycles. The van der Waals surface area contributed by atoms with Gasteiger partial charge in [-0.1, -0.05) is 84.5 Å². The average molecular weight is 659 g/mol. The number of amides is 2. The van der Waals surface area contributed by atoms with Crippen molar-refractivity contribution in [3.63, 3.8) is 0 Å². The molecule has 2 atom stereocenters.